The van der Waals surface area contributed by atoms with Crippen LogP contribution in [0.4, 0.5) is 5.69 Å². The number of hydrogen-bond donors (Lipinski definition) is 2. The largest absolute Gasteiger partial charge is 0.497 e. The van der Waals surface area contributed by atoms with Gasteiger partial charge in [0.15, 0.2) is 5.11 Å². The number of hydrazone groups is 1. The molecular formula is C18H19N3OS. The van der Waals surface area contributed by atoms with Gasteiger partial charge in [-0.1, -0.05) is 36.4 Å². The summed E-state index contributed by atoms with van der Waals surface area (Å²) in [7, 11) is 1.63. The first-order valence-electron chi connectivity index (χ1n) is 7.15. The minimum atomic E-state index is 0.430. The summed E-state index contributed by atoms with van der Waals surface area (Å²) in [4.78, 5) is 0. The SMILES string of the molecule is COc1ccc(NC(=S)N/N=C\C(C)=C/c2ccccc2)cc1. The van der Waals surface area contributed by atoms with E-state index in [-0.39, 0.29) is 0 Å². The number of hydrogen-bond acceptors (Lipinski definition) is 3. The lowest BCUT2D eigenvalue weighted by Gasteiger charge is -2.07. The second-order valence-corrected chi connectivity index (χ2v) is 5.26. The summed E-state index contributed by atoms with van der Waals surface area (Å²) in [5, 5.41) is 7.60. The first-order valence-corrected chi connectivity index (χ1v) is 7.55. The summed E-state index contributed by atoms with van der Waals surface area (Å²) >= 11 is 5.19. The standard InChI is InChI=1S/C18H19N3OS/c1-14(12-15-6-4-3-5-7-15)13-19-21-18(23)20-16-8-10-17(22-2)11-9-16/h3-13H,1-2H3,(H2,20,21,23)/b14-12-,19-13-. The van der Waals surface area contributed by atoms with Crippen molar-refractivity contribution in [1.82, 2.24) is 5.43 Å². The van der Waals surface area contributed by atoms with Crippen molar-refractivity contribution in [2.45, 2.75) is 6.92 Å². The van der Waals surface area contributed by atoms with Gasteiger partial charge in [-0.05, 0) is 54.5 Å². The zero-order valence-corrected chi connectivity index (χ0v) is 13.9. The molecule has 0 unspecified atom stereocenters. The molecule has 0 saturated heterocycles. The molecule has 0 saturated carbocycles. The van der Waals surface area contributed by atoms with Crippen LogP contribution < -0.4 is 15.5 Å². The molecule has 4 nitrogen and oxygen atoms in total. The van der Waals surface area contributed by atoms with E-state index < -0.39 is 0 Å². The Hall–Kier alpha value is -2.66. The van der Waals surface area contributed by atoms with Crippen LogP contribution in [0.1, 0.15) is 12.5 Å². The fourth-order valence-electron chi connectivity index (χ4n) is 1.88. The van der Waals surface area contributed by atoms with Crippen molar-refractivity contribution >= 4 is 35.3 Å². The highest BCUT2D eigenvalue weighted by molar-refractivity contribution is 7.80. The molecule has 2 rings (SSSR count). The number of anilines is 1. The third-order valence-corrected chi connectivity index (χ3v) is 3.17. The quantitative estimate of drug-likeness (QED) is 0.494. The van der Waals surface area contributed by atoms with Gasteiger partial charge in [0, 0.05) is 5.69 Å². The number of rotatable bonds is 5. The number of benzene rings is 2. The fraction of sp³-hybridized carbons (Fsp3) is 0.111. The minimum Gasteiger partial charge on any atom is -0.497 e. The van der Waals surface area contributed by atoms with Gasteiger partial charge in [-0.2, -0.15) is 5.10 Å². The monoisotopic (exact) mass is 325 g/mol. The van der Waals surface area contributed by atoms with E-state index in [4.69, 9.17) is 17.0 Å². The smallest absolute Gasteiger partial charge is 0.191 e. The maximum Gasteiger partial charge on any atom is 0.191 e. The molecule has 2 aromatic rings. The van der Waals surface area contributed by atoms with Gasteiger partial charge in [-0.15, -0.1) is 0 Å². The molecule has 0 bridgehead atoms. The van der Waals surface area contributed by atoms with E-state index in [1.807, 2.05) is 67.6 Å². The van der Waals surface area contributed by atoms with E-state index in [1.165, 1.54) is 0 Å². The Morgan fingerprint density at radius 2 is 1.78 bits per heavy atom. The van der Waals surface area contributed by atoms with Crippen LogP contribution >= 0.6 is 12.2 Å². The van der Waals surface area contributed by atoms with Crippen molar-refractivity contribution in [1.29, 1.82) is 0 Å². The molecule has 118 valence electrons. The third-order valence-electron chi connectivity index (χ3n) is 2.98. The van der Waals surface area contributed by atoms with Gasteiger partial charge in [0.2, 0.25) is 0 Å². The lowest BCUT2D eigenvalue weighted by atomic mass is 10.1. The lowest BCUT2D eigenvalue weighted by molar-refractivity contribution is 0.415. The summed E-state index contributed by atoms with van der Waals surface area (Å²) in [5.41, 5.74) is 5.82. The predicted octanol–water partition coefficient (Wildman–Crippen LogP) is 4.07. The van der Waals surface area contributed by atoms with Gasteiger partial charge in [-0.3, -0.25) is 5.43 Å². The van der Waals surface area contributed by atoms with Crippen LogP contribution in [-0.2, 0) is 0 Å². The van der Waals surface area contributed by atoms with E-state index in [2.05, 4.69) is 15.8 Å². The molecule has 0 aliphatic carbocycles. The Kier molecular flexibility index (Phi) is 6.32. The molecule has 23 heavy (non-hydrogen) atoms. The fourth-order valence-corrected chi connectivity index (χ4v) is 2.05. The van der Waals surface area contributed by atoms with E-state index in [0.717, 1.165) is 22.6 Å². The van der Waals surface area contributed by atoms with Crippen molar-refractivity contribution in [3.8, 4) is 5.75 Å². The van der Waals surface area contributed by atoms with Crippen molar-refractivity contribution in [2.24, 2.45) is 5.10 Å². The molecule has 0 radical (unpaired) electrons. The molecule has 0 aromatic heterocycles. The Morgan fingerprint density at radius 1 is 1.09 bits per heavy atom. The molecule has 5 heteroatoms. The second kappa shape index (κ2) is 8.70. The Morgan fingerprint density at radius 3 is 2.43 bits per heavy atom. The molecule has 2 aromatic carbocycles. The number of methoxy groups -OCH3 is 1. The van der Waals surface area contributed by atoms with E-state index in [0.29, 0.717) is 5.11 Å². The van der Waals surface area contributed by atoms with E-state index >= 15 is 0 Å². The highest BCUT2D eigenvalue weighted by Gasteiger charge is 1.96. The van der Waals surface area contributed by atoms with Gasteiger partial charge in [-0.25, -0.2) is 0 Å². The van der Waals surface area contributed by atoms with Crippen molar-refractivity contribution in [2.75, 3.05) is 12.4 Å². The molecule has 0 heterocycles. The van der Waals surface area contributed by atoms with E-state index in [9.17, 15) is 0 Å². The first-order chi connectivity index (χ1) is 11.2. The number of ether oxygens (including phenoxy) is 1. The number of nitrogens with zero attached hydrogens (tertiary/aromatic N) is 1. The van der Waals surface area contributed by atoms with Gasteiger partial charge in [0.1, 0.15) is 5.75 Å². The van der Waals surface area contributed by atoms with Crippen molar-refractivity contribution < 1.29 is 4.74 Å². The van der Waals surface area contributed by atoms with Gasteiger partial charge < -0.3 is 10.1 Å². The summed E-state index contributed by atoms with van der Waals surface area (Å²) in [6.45, 7) is 1.98. The molecule has 0 aliphatic heterocycles. The van der Waals surface area contributed by atoms with Crippen LogP contribution in [0.5, 0.6) is 5.75 Å². The summed E-state index contributed by atoms with van der Waals surface area (Å²) in [6.07, 6.45) is 3.78. The zero-order valence-electron chi connectivity index (χ0n) is 13.1. The van der Waals surface area contributed by atoms with Gasteiger partial charge in [0.25, 0.3) is 0 Å². The predicted molar refractivity (Wildman–Crippen MR) is 101 cm³/mol. The molecule has 0 atom stereocenters. The lowest BCUT2D eigenvalue weighted by Crippen LogP contribution is -2.23. The van der Waals surface area contributed by atoms with Gasteiger partial charge in [0.05, 0.1) is 13.3 Å². The average Bonchev–Trinajstić information content (AvgIpc) is 2.56. The van der Waals surface area contributed by atoms with Crippen molar-refractivity contribution in [3.05, 3.63) is 65.7 Å². The molecule has 0 fully saturated rings. The van der Waals surface area contributed by atoms with Crippen LogP contribution in [0.15, 0.2) is 65.3 Å². The molecule has 0 aliphatic rings. The van der Waals surface area contributed by atoms with Crippen LogP contribution in [0.2, 0.25) is 0 Å². The van der Waals surface area contributed by atoms with Gasteiger partial charge >= 0.3 is 0 Å². The van der Waals surface area contributed by atoms with Crippen LogP contribution in [0, 0.1) is 0 Å². The normalized spacial score (nSPS) is 11.3. The third kappa shape index (κ3) is 5.92. The molecular weight excluding hydrogens is 306 g/mol. The first kappa shape index (κ1) is 16.7. The highest BCUT2D eigenvalue weighted by atomic mass is 32.1. The maximum absolute atomic E-state index is 5.19. The molecule has 0 spiro atoms. The summed E-state index contributed by atoms with van der Waals surface area (Å²) < 4.78 is 5.11. The topological polar surface area (TPSA) is 45.6 Å². The molecule has 0 amide bonds. The number of nitrogens with one attached hydrogen (secondary N) is 2. The molecule has 2 N–H and O–H groups in total. The Balaban J connectivity index is 1.84. The Bertz CT molecular complexity index is 694. The van der Waals surface area contributed by atoms with Crippen LogP contribution in [-0.4, -0.2) is 18.4 Å². The number of allylic oxidation sites excluding steroid dienone is 1. The minimum absolute atomic E-state index is 0.430. The van der Waals surface area contributed by atoms with Crippen LogP contribution in [0.3, 0.4) is 0 Å². The average molecular weight is 325 g/mol. The zero-order chi connectivity index (χ0) is 16.5. The highest BCUT2D eigenvalue weighted by Crippen LogP contribution is 2.14. The summed E-state index contributed by atoms with van der Waals surface area (Å²) in [6, 6.07) is 17.6. The summed E-state index contributed by atoms with van der Waals surface area (Å²) in [5.74, 6) is 0.800. The second-order valence-electron chi connectivity index (χ2n) is 4.85. The number of thiocarbonyl (C=S) groups is 1. The van der Waals surface area contributed by atoms with Crippen molar-refractivity contribution in [3.63, 3.8) is 0 Å². The van der Waals surface area contributed by atoms with Crippen LogP contribution in [0.25, 0.3) is 6.08 Å². The maximum atomic E-state index is 5.19. The Labute approximate surface area is 141 Å². The van der Waals surface area contributed by atoms with E-state index in [1.54, 1.807) is 13.3 Å².